The van der Waals surface area contributed by atoms with E-state index in [0.717, 1.165) is 12.1 Å². The molecule has 4 rings (SSSR count). The number of hydrogen-bond acceptors (Lipinski definition) is 5. The average molecular weight is 403 g/mol. The summed E-state index contributed by atoms with van der Waals surface area (Å²) in [4.78, 5) is 14.2. The van der Waals surface area contributed by atoms with Crippen molar-refractivity contribution in [2.24, 2.45) is 7.05 Å². The number of hydrogen-bond donors (Lipinski definition) is 0. The lowest BCUT2D eigenvalue weighted by atomic mass is 10.1. The molecule has 0 saturated carbocycles. The highest BCUT2D eigenvalue weighted by atomic mass is 19.4. The number of halogens is 3. The van der Waals surface area contributed by atoms with Gasteiger partial charge >= 0.3 is 6.18 Å². The molecule has 0 aliphatic rings. The molecule has 11 heteroatoms. The number of imidazole rings is 1. The number of pyridine rings is 1. The van der Waals surface area contributed by atoms with Gasteiger partial charge in [-0.05, 0) is 24.3 Å². The second kappa shape index (κ2) is 6.62. The van der Waals surface area contributed by atoms with Crippen LogP contribution in [0.25, 0.3) is 16.9 Å². The van der Waals surface area contributed by atoms with Crippen LogP contribution in [-0.4, -0.2) is 24.1 Å². The van der Waals surface area contributed by atoms with Gasteiger partial charge in [-0.3, -0.25) is 10.1 Å². The Labute approximate surface area is 160 Å². The zero-order valence-corrected chi connectivity index (χ0v) is 14.8. The van der Waals surface area contributed by atoms with Gasteiger partial charge in [0, 0.05) is 31.6 Å². The van der Waals surface area contributed by atoms with Crippen LogP contribution in [0, 0.1) is 10.1 Å². The van der Waals surface area contributed by atoms with Gasteiger partial charge in [-0.2, -0.15) is 18.3 Å². The molecule has 4 aromatic rings. The van der Waals surface area contributed by atoms with E-state index in [1.165, 1.54) is 10.6 Å². The standard InChI is InChI=1S/C18H12F3N5O3/c1-24-9-14(22-10-24)13-8-15-17(3-2-6-25(15)23-13)29-16-5-4-11(26(27)28)7-12(16)18(19,20)21/h2-10H,1H3. The van der Waals surface area contributed by atoms with E-state index in [9.17, 15) is 23.3 Å². The number of ether oxygens (including phenoxy) is 1. The second-order valence-corrected chi connectivity index (χ2v) is 6.19. The molecule has 0 spiro atoms. The lowest BCUT2D eigenvalue weighted by Crippen LogP contribution is -2.08. The molecule has 8 nitrogen and oxygen atoms in total. The van der Waals surface area contributed by atoms with Crippen molar-refractivity contribution >= 4 is 11.2 Å². The zero-order chi connectivity index (χ0) is 20.8. The van der Waals surface area contributed by atoms with Crippen LogP contribution in [0.4, 0.5) is 18.9 Å². The van der Waals surface area contributed by atoms with E-state index in [2.05, 4.69) is 10.1 Å². The van der Waals surface area contributed by atoms with Gasteiger partial charge < -0.3 is 9.30 Å². The van der Waals surface area contributed by atoms with Crippen molar-refractivity contribution in [2.75, 3.05) is 0 Å². The number of aromatic nitrogens is 4. The van der Waals surface area contributed by atoms with Gasteiger partial charge in [-0.15, -0.1) is 0 Å². The number of benzene rings is 1. The summed E-state index contributed by atoms with van der Waals surface area (Å²) in [6.45, 7) is 0. The van der Waals surface area contributed by atoms with E-state index >= 15 is 0 Å². The number of rotatable bonds is 4. The molecule has 3 aromatic heterocycles. The minimum atomic E-state index is -4.83. The highest BCUT2D eigenvalue weighted by molar-refractivity contribution is 5.69. The molecule has 29 heavy (non-hydrogen) atoms. The van der Waals surface area contributed by atoms with Crippen molar-refractivity contribution in [3.8, 4) is 22.9 Å². The van der Waals surface area contributed by atoms with Gasteiger partial charge in [-0.25, -0.2) is 9.50 Å². The van der Waals surface area contributed by atoms with Crippen LogP contribution in [0.1, 0.15) is 5.56 Å². The summed E-state index contributed by atoms with van der Waals surface area (Å²) >= 11 is 0. The average Bonchev–Trinajstić information content (AvgIpc) is 3.27. The maximum atomic E-state index is 13.4. The summed E-state index contributed by atoms with van der Waals surface area (Å²) in [6.07, 6.45) is 0.143. The lowest BCUT2D eigenvalue weighted by Gasteiger charge is -2.14. The fourth-order valence-corrected chi connectivity index (χ4v) is 2.81. The first kappa shape index (κ1) is 18.5. The maximum Gasteiger partial charge on any atom is 0.420 e. The Balaban J connectivity index is 1.78. The summed E-state index contributed by atoms with van der Waals surface area (Å²) in [7, 11) is 1.80. The second-order valence-electron chi connectivity index (χ2n) is 6.19. The monoisotopic (exact) mass is 403 g/mol. The first-order chi connectivity index (χ1) is 13.7. The van der Waals surface area contributed by atoms with Crippen LogP contribution in [-0.2, 0) is 13.2 Å². The summed E-state index contributed by atoms with van der Waals surface area (Å²) < 4.78 is 48.9. The molecule has 0 unspecified atom stereocenters. The molecule has 0 aliphatic heterocycles. The lowest BCUT2D eigenvalue weighted by molar-refractivity contribution is -0.385. The molecular formula is C18H12F3N5O3. The van der Waals surface area contributed by atoms with Gasteiger partial charge in [0.15, 0.2) is 5.75 Å². The van der Waals surface area contributed by atoms with Crippen molar-refractivity contribution < 1.29 is 22.8 Å². The van der Waals surface area contributed by atoms with Crippen molar-refractivity contribution in [3.05, 3.63) is 70.8 Å². The Bertz CT molecular complexity index is 1230. The fraction of sp³-hybridized carbons (Fsp3) is 0.111. The molecule has 0 atom stereocenters. The number of nitrogens with zero attached hydrogens (tertiary/aromatic N) is 5. The van der Waals surface area contributed by atoms with E-state index in [-0.39, 0.29) is 5.75 Å². The van der Waals surface area contributed by atoms with E-state index in [1.54, 1.807) is 42.5 Å². The Morgan fingerprint density at radius 1 is 1.14 bits per heavy atom. The number of non-ortho nitro benzene ring substituents is 1. The van der Waals surface area contributed by atoms with Crippen molar-refractivity contribution in [2.45, 2.75) is 6.18 Å². The summed E-state index contributed by atoms with van der Waals surface area (Å²) in [5.41, 5.74) is -0.391. The molecule has 0 aliphatic carbocycles. The molecule has 0 N–H and O–H groups in total. The summed E-state index contributed by atoms with van der Waals surface area (Å²) in [5.74, 6) is -0.432. The topological polar surface area (TPSA) is 87.5 Å². The van der Waals surface area contributed by atoms with E-state index in [4.69, 9.17) is 4.74 Å². The van der Waals surface area contributed by atoms with Gasteiger partial charge in [0.2, 0.25) is 0 Å². The number of fused-ring (bicyclic) bond motifs is 1. The van der Waals surface area contributed by atoms with Crippen LogP contribution in [0.5, 0.6) is 11.5 Å². The third-order valence-electron chi connectivity index (χ3n) is 4.13. The highest BCUT2D eigenvalue weighted by Crippen LogP contribution is 2.41. The predicted octanol–water partition coefficient (Wildman–Crippen LogP) is 4.45. The maximum absolute atomic E-state index is 13.4. The van der Waals surface area contributed by atoms with Gasteiger partial charge in [0.1, 0.15) is 28.2 Å². The molecule has 1 aromatic carbocycles. The molecule has 0 bridgehead atoms. The van der Waals surface area contributed by atoms with Crippen LogP contribution >= 0.6 is 0 Å². The summed E-state index contributed by atoms with van der Waals surface area (Å²) in [5, 5.41) is 15.2. The van der Waals surface area contributed by atoms with Gasteiger partial charge in [-0.1, -0.05) is 0 Å². The molecule has 0 radical (unpaired) electrons. The Kier molecular flexibility index (Phi) is 4.22. The third kappa shape index (κ3) is 3.49. The molecule has 3 heterocycles. The quantitative estimate of drug-likeness (QED) is 0.371. The zero-order valence-electron chi connectivity index (χ0n) is 14.8. The van der Waals surface area contributed by atoms with E-state index < -0.39 is 28.1 Å². The predicted molar refractivity (Wildman–Crippen MR) is 95.6 cm³/mol. The van der Waals surface area contributed by atoms with Gasteiger partial charge in [0.05, 0.1) is 11.3 Å². The van der Waals surface area contributed by atoms with Crippen LogP contribution < -0.4 is 4.74 Å². The number of nitro groups is 1. The van der Waals surface area contributed by atoms with Crippen molar-refractivity contribution in [1.29, 1.82) is 0 Å². The molecule has 148 valence electrons. The Morgan fingerprint density at radius 3 is 2.59 bits per heavy atom. The smallest absolute Gasteiger partial charge is 0.420 e. The SMILES string of the molecule is Cn1cnc(-c2cc3c(Oc4ccc([N+](=O)[O-])cc4C(F)(F)F)cccn3n2)c1. The number of alkyl halides is 3. The first-order valence-electron chi connectivity index (χ1n) is 8.22. The van der Waals surface area contributed by atoms with Crippen LogP contribution in [0.15, 0.2) is 55.1 Å². The normalized spacial score (nSPS) is 11.7. The summed E-state index contributed by atoms with van der Waals surface area (Å²) in [6, 6.07) is 7.03. The minimum Gasteiger partial charge on any atom is -0.454 e. The van der Waals surface area contributed by atoms with E-state index in [1.807, 2.05) is 0 Å². The fourth-order valence-electron chi connectivity index (χ4n) is 2.81. The van der Waals surface area contributed by atoms with Gasteiger partial charge in [0.25, 0.3) is 5.69 Å². The first-order valence-corrected chi connectivity index (χ1v) is 8.22. The largest absolute Gasteiger partial charge is 0.454 e. The van der Waals surface area contributed by atoms with Crippen molar-refractivity contribution in [1.82, 2.24) is 19.2 Å². The molecule has 0 saturated heterocycles. The Hall–Kier alpha value is -3.89. The van der Waals surface area contributed by atoms with Crippen molar-refractivity contribution in [3.63, 3.8) is 0 Å². The third-order valence-corrected chi connectivity index (χ3v) is 4.13. The number of aryl methyl sites for hydroxylation is 1. The van der Waals surface area contributed by atoms with E-state index in [0.29, 0.717) is 23.0 Å². The number of nitro benzene ring substituents is 1. The molecule has 0 amide bonds. The van der Waals surface area contributed by atoms with Crippen LogP contribution in [0.2, 0.25) is 0 Å². The molecular weight excluding hydrogens is 391 g/mol. The van der Waals surface area contributed by atoms with Crippen LogP contribution in [0.3, 0.4) is 0 Å². The Morgan fingerprint density at radius 2 is 1.93 bits per heavy atom. The molecule has 0 fully saturated rings. The minimum absolute atomic E-state index is 0.113. The highest BCUT2D eigenvalue weighted by Gasteiger charge is 2.36.